The Morgan fingerprint density at radius 1 is 1.12 bits per heavy atom. The lowest BCUT2D eigenvalue weighted by Gasteiger charge is -2.38. The van der Waals surface area contributed by atoms with Crippen molar-refractivity contribution in [2.45, 2.75) is 64.9 Å². The number of rotatable bonds is 1. The van der Waals surface area contributed by atoms with Crippen molar-refractivity contribution in [2.75, 3.05) is 6.54 Å². The van der Waals surface area contributed by atoms with Crippen molar-refractivity contribution in [3.63, 3.8) is 0 Å². The molecule has 142 valence electrons. The molecule has 0 bridgehead atoms. The fraction of sp³-hybridized carbons (Fsp3) is 0.571. The molecule has 0 radical (unpaired) electrons. The van der Waals surface area contributed by atoms with E-state index >= 15 is 0 Å². The number of halogens is 2. The van der Waals surface area contributed by atoms with Crippen LogP contribution >= 0.6 is 0 Å². The van der Waals surface area contributed by atoms with Gasteiger partial charge in [0, 0.05) is 19.4 Å². The van der Waals surface area contributed by atoms with Gasteiger partial charge < -0.3 is 4.74 Å². The minimum absolute atomic E-state index is 0.0862. The number of amides is 1. The summed E-state index contributed by atoms with van der Waals surface area (Å²) in [4.78, 5) is 14.3. The number of carbonyl (C=O) groups is 1. The summed E-state index contributed by atoms with van der Waals surface area (Å²) in [6, 6.07) is 7.80. The smallest absolute Gasteiger partial charge is 0.414 e. The number of hydrogen-bond donors (Lipinski definition) is 0. The van der Waals surface area contributed by atoms with Crippen LogP contribution in [0.25, 0.3) is 5.70 Å². The molecule has 26 heavy (non-hydrogen) atoms. The molecule has 1 atom stereocenters. The Morgan fingerprint density at radius 3 is 2.31 bits per heavy atom. The van der Waals surface area contributed by atoms with E-state index in [4.69, 9.17) is 4.74 Å². The normalized spacial score (nSPS) is 25.3. The molecule has 1 amide bonds. The second kappa shape index (κ2) is 6.36. The third kappa shape index (κ3) is 4.08. The fourth-order valence-corrected chi connectivity index (χ4v) is 3.83. The van der Waals surface area contributed by atoms with E-state index in [-0.39, 0.29) is 12.8 Å². The Morgan fingerprint density at radius 2 is 1.77 bits per heavy atom. The van der Waals surface area contributed by atoms with E-state index in [0.29, 0.717) is 25.1 Å². The van der Waals surface area contributed by atoms with E-state index in [2.05, 4.69) is 0 Å². The Bertz CT molecular complexity index is 719. The first-order valence-corrected chi connectivity index (χ1v) is 9.17. The summed E-state index contributed by atoms with van der Waals surface area (Å²) in [5, 5.41) is 0. The molecule has 3 rings (SSSR count). The van der Waals surface area contributed by atoms with E-state index in [0.717, 1.165) is 11.1 Å². The molecule has 0 N–H and O–H groups in total. The van der Waals surface area contributed by atoms with Crippen molar-refractivity contribution in [1.29, 1.82) is 0 Å². The molecule has 1 aromatic rings. The van der Waals surface area contributed by atoms with Gasteiger partial charge in [-0.05, 0) is 51.5 Å². The summed E-state index contributed by atoms with van der Waals surface area (Å²) in [5.41, 5.74) is 1.50. The monoisotopic (exact) mass is 363 g/mol. The van der Waals surface area contributed by atoms with Gasteiger partial charge in [0.15, 0.2) is 0 Å². The van der Waals surface area contributed by atoms with Gasteiger partial charge in [-0.15, -0.1) is 0 Å². The zero-order valence-corrected chi connectivity index (χ0v) is 15.9. The lowest BCUT2D eigenvalue weighted by atomic mass is 9.78. The molecule has 5 heteroatoms. The molecule has 3 nitrogen and oxygen atoms in total. The number of nitrogens with zero attached hydrogens (tertiary/aromatic N) is 1. The number of hydrogen-bond acceptors (Lipinski definition) is 2. The van der Waals surface area contributed by atoms with Crippen molar-refractivity contribution < 1.29 is 18.3 Å². The Kier molecular flexibility index (Phi) is 4.62. The highest BCUT2D eigenvalue weighted by atomic mass is 19.3. The number of carbonyl (C=O) groups excluding carboxylic acids is 1. The predicted octanol–water partition coefficient (Wildman–Crippen LogP) is 5.78. The van der Waals surface area contributed by atoms with Crippen molar-refractivity contribution >= 4 is 11.8 Å². The molecule has 1 aliphatic heterocycles. The van der Waals surface area contributed by atoms with E-state index in [1.807, 2.05) is 58.0 Å². The van der Waals surface area contributed by atoms with Gasteiger partial charge in [0.05, 0.1) is 5.70 Å². The summed E-state index contributed by atoms with van der Waals surface area (Å²) in [6.45, 7) is 7.85. The quantitative estimate of drug-likeness (QED) is 0.633. The minimum atomic E-state index is -2.62. The first kappa shape index (κ1) is 18.9. The van der Waals surface area contributed by atoms with Crippen LogP contribution in [-0.2, 0) is 4.74 Å². The third-order valence-corrected chi connectivity index (χ3v) is 5.13. The minimum Gasteiger partial charge on any atom is -0.443 e. The highest BCUT2D eigenvalue weighted by molar-refractivity contribution is 5.83. The summed E-state index contributed by atoms with van der Waals surface area (Å²) in [7, 11) is 0. The van der Waals surface area contributed by atoms with Crippen LogP contribution in [0.3, 0.4) is 0 Å². The standard InChI is InChI=1S/C21H27F2NO2/c1-15-5-7-16(8-6-15)17-13-20(9-10-21(22,23)14-20)11-12-24(17)18(25)26-19(2,3)4/h5-8,13H,9-12,14H2,1-4H3. The van der Waals surface area contributed by atoms with Gasteiger partial charge in [-0.1, -0.05) is 35.9 Å². The van der Waals surface area contributed by atoms with Crippen molar-refractivity contribution in [1.82, 2.24) is 4.90 Å². The fourth-order valence-electron chi connectivity index (χ4n) is 3.83. The van der Waals surface area contributed by atoms with E-state index in [1.54, 1.807) is 4.90 Å². The zero-order chi connectivity index (χ0) is 19.2. The third-order valence-electron chi connectivity index (χ3n) is 5.13. The van der Waals surface area contributed by atoms with Crippen LogP contribution in [0.4, 0.5) is 13.6 Å². The van der Waals surface area contributed by atoms with Crippen molar-refractivity contribution in [3.05, 3.63) is 41.5 Å². The van der Waals surface area contributed by atoms with Gasteiger partial charge in [-0.2, -0.15) is 0 Å². The maximum Gasteiger partial charge on any atom is 0.414 e. The lowest BCUT2D eigenvalue weighted by Crippen LogP contribution is -2.41. The molecule has 1 unspecified atom stereocenters. The molecular weight excluding hydrogens is 336 g/mol. The lowest BCUT2D eigenvalue weighted by molar-refractivity contribution is -0.00191. The van der Waals surface area contributed by atoms with Gasteiger partial charge in [0.2, 0.25) is 5.92 Å². The van der Waals surface area contributed by atoms with Crippen LogP contribution in [0.15, 0.2) is 30.3 Å². The number of ether oxygens (including phenoxy) is 1. The van der Waals surface area contributed by atoms with E-state index in [1.165, 1.54) is 0 Å². The number of benzene rings is 1. The molecule has 0 aromatic heterocycles. The van der Waals surface area contributed by atoms with E-state index < -0.39 is 23.0 Å². The molecule has 1 saturated carbocycles. The molecule has 0 saturated heterocycles. The van der Waals surface area contributed by atoms with Crippen molar-refractivity contribution in [2.24, 2.45) is 5.41 Å². The molecule has 1 heterocycles. The Balaban J connectivity index is 1.98. The average Bonchev–Trinajstić information content (AvgIpc) is 2.81. The topological polar surface area (TPSA) is 29.5 Å². The predicted molar refractivity (Wildman–Crippen MR) is 97.9 cm³/mol. The summed E-state index contributed by atoms with van der Waals surface area (Å²) in [6.07, 6.45) is 2.24. The Hall–Kier alpha value is -1.91. The number of alkyl halides is 2. The number of aryl methyl sites for hydroxylation is 1. The summed E-state index contributed by atoms with van der Waals surface area (Å²) >= 11 is 0. The second-order valence-corrected chi connectivity index (χ2v) is 8.67. The maximum absolute atomic E-state index is 13.9. The van der Waals surface area contributed by atoms with Crippen LogP contribution in [0, 0.1) is 12.3 Å². The second-order valence-electron chi connectivity index (χ2n) is 8.67. The molecule has 1 aliphatic carbocycles. The molecule has 1 aromatic carbocycles. The average molecular weight is 363 g/mol. The van der Waals surface area contributed by atoms with Gasteiger partial charge >= 0.3 is 6.09 Å². The van der Waals surface area contributed by atoms with Gasteiger partial charge in [-0.25, -0.2) is 13.6 Å². The molecular formula is C21H27F2NO2. The van der Waals surface area contributed by atoms with Crippen LogP contribution < -0.4 is 0 Å². The first-order valence-electron chi connectivity index (χ1n) is 9.17. The Labute approximate surface area is 154 Å². The highest BCUT2D eigenvalue weighted by Gasteiger charge is 2.50. The molecule has 2 aliphatic rings. The van der Waals surface area contributed by atoms with Gasteiger partial charge in [0.1, 0.15) is 5.60 Å². The molecule has 1 fully saturated rings. The van der Waals surface area contributed by atoms with Crippen LogP contribution in [0.1, 0.15) is 57.6 Å². The van der Waals surface area contributed by atoms with Gasteiger partial charge in [-0.3, -0.25) is 4.90 Å². The zero-order valence-electron chi connectivity index (χ0n) is 15.9. The summed E-state index contributed by atoms with van der Waals surface area (Å²) < 4.78 is 33.3. The van der Waals surface area contributed by atoms with Crippen LogP contribution in [-0.4, -0.2) is 29.1 Å². The van der Waals surface area contributed by atoms with Gasteiger partial charge in [0.25, 0.3) is 0 Å². The SMILES string of the molecule is Cc1ccc(C2=CC3(CCN2C(=O)OC(C)(C)C)CCC(F)(F)C3)cc1. The summed E-state index contributed by atoms with van der Waals surface area (Å²) in [5.74, 6) is -2.62. The first-order chi connectivity index (χ1) is 12.0. The highest BCUT2D eigenvalue weighted by Crippen LogP contribution is 2.53. The van der Waals surface area contributed by atoms with Crippen LogP contribution in [0.5, 0.6) is 0 Å². The molecule has 1 spiro atoms. The maximum atomic E-state index is 13.9. The van der Waals surface area contributed by atoms with E-state index in [9.17, 15) is 13.6 Å². The van der Waals surface area contributed by atoms with Crippen molar-refractivity contribution in [3.8, 4) is 0 Å². The number of allylic oxidation sites excluding steroid dienone is 1. The largest absolute Gasteiger partial charge is 0.443 e. The van der Waals surface area contributed by atoms with Crippen LogP contribution in [0.2, 0.25) is 0 Å².